The third kappa shape index (κ3) is 3.84. The number of nitrogens with zero attached hydrogens (tertiary/aromatic N) is 3. The van der Waals surface area contributed by atoms with Gasteiger partial charge in [-0.05, 0) is 30.5 Å². The molecule has 2 N–H and O–H groups in total. The van der Waals surface area contributed by atoms with Crippen LogP contribution in [0.15, 0.2) is 29.1 Å². The number of amides is 1. The first-order valence-corrected chi connectivity index (χ1v) is 10.1. The van der Waals surface area contributed by atoms with Gasteiger partial charge in [0.05, 0.1) is 5.75 Å². The summed E-state index contributed by atoms with van der Waals surface area (Å²) in [6, 6.07) is 5.40. The van der Waals surface area contributed by atoms with Crippen LogP contribution >= 0.6 is 0 Å². The molecule has 9 nitrogen and oxygen atoms in total. The quantitative estimate of drug-likeness (QED) is 0.756. The van der Waals surface area contributed by atoms with E-state index in [0.29, 0.717) is 18.4 Å². The zero-order chi connectivity index (χ0) is 20.5. The fourth-order valence-corrected chi connectivity index (χ4v) is 4.45. The maximum Gasteiger partial charge on any atom is 0.297 e. The number of halogens is 1. The van der Waals surface area contributed by atoms with Gasteiger partial charge in [-0.2, -0.15) is 0 Å². The number of nitrogens with one attached hydrogen (secondary N) is 1. The van der Waals surface area contributed by atoms with Gasteiger partial charge in [0.1, 0.15) is 5.82 Å². The number of benzene rings is 1. The van der Waals surface area contributed by atoms with E-state index in [2.05, 4.69) is 10.3 Å². The lowest BCUT2D eigenvalue weighted by Gasteiger charge is -2.28. The van der Waals surface area contributed by atoms with Gasteiger partial charge in [0.2, 0.25) is 21.7 Å². The summed E-state index contributed by atoms with van der Waals surface area (Å²) >= 11 is 0. The van der Waals surface area contributed by atoms with Crippen molar-refractivity contribution in [3.8, 4) is 5.75 Å². The fourth-order valence-electron chi connectivity index (χ4n) is 2.84. The Morgan fingerprint density at radius 3 is 2.61 bits per heavy atom. The summed E-state index contributed by atoms with van der Waals surface area (Å²) in [6.45, 7) is 0.136. The van der Waals surface area contributed by atoms with Crippen LogP contribution in [0, 0.1) is 5.82 Å². The molecule has 0 atom stereocenters. The number of rotatable bonds is 4. The second-order valence-electron chi connectivity index (χ2n) is 6.38. The third-order valence-corrected chi connectivity index (χ3v) is 6.22. The normalized spacial score (nSPS) is 16.0. The topological polar surface area (TPSA) is 122 Å². The summed E-state index contributed by atoms with van der Waals surface area (Å²) < 4.78 is 39.5. The van der Waals surface area contributed by atoms with Crippen molar-refractivity contribution < 1.29 is 22.7 Å². The minimum atomic E-state index is -3.67. The Morgan fingerprint density at radius 1 is 1.29 bits per heavy atom. The van der Waals surface area contributed by atoms with Crippen LogP contribution in [0.25, 0.3) is 0 Å². The van der Waals surface area contributed by atoms with Crippen LogP contribution in [0.3, 0.4) is 0 Å². The molecule has 0 bridgehead atoms. The van der Waals surface area contributed by atoms with Gasteiger partial charge in [-0.3, -0.25) is 14.2 Å². The van der Waals surface area contributed by atoms with Gasteiger partial charge in [-0.1, -0.05) is 12.1 Å². The number of carbonyl (C=O) groups excluding carboxylic acids is 1. The van der Waals surface area contributed by atoms with Crippen molar-refractivity contribution >= 4 is 21.9 Å². The van der Waals surface area contributed by atoms with E-state index < -0.39 is 38.8 Å². The molecule has 28 heavy (non-hydrogen) atoms. The molecule has 1 aliphatic heterocycles. The zero-order valence-corrected chi connectivity index (χ0v) is 15.9. The molecule has 1 saturated heterocycles. The highest BCUT2D eigenvalue weighted by Crippen LogP contribution is 2.22. The molecular weight excluding hydrogens is 391 g/mol. The number of aromatic hydroxyl groups is 1. The van der Waals surface area contributed by atoms with Gasteiger partial charge in [0.15, 0.2) is 5.69 Å². The molecule has 11 heteroatoms. The van der Waals surface area contributed by atoms with Crippen molar-refractivity contribution in [3.63, 3.8) is 0 Å². The molecule has 0 unspecified atom stereocenters. The van der Waals surface area contributed by atoms with Crippen LogP contribution in [-0.2, 0) is 23.6 Å². The molecule has 3 rings (SSSR count). The monoisotopic (exact) mass is 410 g/mol. The summed E-state index contributed by atoms with van der Waals surface area (Å²) in [5.74, 6) is -2.47. The van der Waals surface area contributed by atoms with Crippen molar-refractivity contribution in [1.82, 2.24) is 14.9 Å². The number of hydrogen-bond donors (Lipinski definition) is 2. The summed E-state index contributed by atoms with van der Waals surface area (Å²) in [7, 11) is -2.40. The van der Waals surface area contributed by atoms with E-state index in [9.17, 15) is 27.5 Å². The predicted molar refractivity (Wildman–Crippen MR) is 99.1 cm³/mol. The summed E-state index contributed by atoms with van der Waals surface area (Å²) in [4.78, 5) is 28.7. The van der Waals surface area contributed by atoms with Crippen molar-refractivity contribution in [2.75, 3.05) is 16.6 Å². The fraction of sp³-hybridized carbons (Fsp3) is 0.353. The van der Waals surface area contributed by atoms with Crippen LogP contribution in [0.2, 0.25) is 0 Å². The molecule has 2 aromatic rings. The van der Waals surface area contributed by atoms with Crippen molar-refractivity contribution in [3.05, 3.63) is 51.7 Å². The van der Waals surface area contributed by atoms with E-state index in [0.717, 1.165) is 8.87 Å². The van der Waals surface area contributed by atoms with Crippen molar-refractivity contribution in [2.24, 2.45) is 7.05 Å². The average Bonchev–Trinajstić information content (AvgIpc) is 2.66. The standard InChI is InChI=1S/C17H19FN4O5S/c1-21-16(25)14(23)13(15(24)19-10-11-4-6-12(18)7-5-11)20-17(21)22-8-2-3-9-28(22,26)27/h4-7,23H,2-3,8-10H2,1H3,(H,19,24). The molecular formula is C17H19FN4O5S. The van der Waals surface area contributed by atoms with Gasteiger partial charge in [-0.15, -0.1) is 0 Å². The Bertz CT molecular complexity index is 1070. The number of hydrogen-bond acceptors (Lipinski definition) is 6. The summed E-state index contributed by atoms with van der Waals surface area (Å²) in [6.07, 6.45) is 1.08. The Morgan fingerprint density at radius 2 is 1.96 bits per heavy atom. The van der Waals surface area contributed by atoms with Crippen molar-refractivity contribution in [1.29, 1.82) is 0 Å². The Hall–Kier alpha value is -2.95. The molecule has 2 heterocycles. The smallest absolute Gasteiger partial charge is 0.297 e. The molecule has 0 spiro atoms. The Labute approximate surface area is 160 Å². The largest absolute Gasteiger partial charge is 0.501 e. The average molecular weight is 410 g/mol. The van der Waals surface area contributed by atoms with Crippen molar-refractivity contribution in [2.45, 2.75) is 19.4 Å². The number of aromatic nitrogens is 2. The molecule has 0 radical (unpaired) electrons. The summed E-state index contributed by atoms with van der Waals surface area (Å²) in [5, 5.41) is 12.5. The lowest BCUT2D eigenvalue weighted by molar-refractivity contribution is 0.0942. The Kier molecular flexibility index (Phi) is 5.36. The number of carbonyl (C=O) groups is 1. The first kappa shape index (κ1) is 19.8. The van der Waals surface area contributed by atoms with Crippen LogP contribution in [-0.4, -0.2) is 41.3 Å². The van der Waals surface area contributed by atoms with Crippen LogP contribution in [0.1, 0.15) is 28.9 Å². The van der Waals surface area contributed by atoms with E-state index in [4.69, 9.17) is 0 Å². The predicted octanol–water partition coefficient (Wildman–Crippen LogP) is 0.485. The van der Waals surface area contributed by atoms with E-state index in [1.165, 1.54) is 31.3 Å². The van der Waals surface area contributed by atoms with Gasteiger partial charge in [0.25, 0.3) is 11.5 Å². The van der Waals surface area contributed by atoms with Gasteiger partial charge in [0, 0.05) is 20.1 Å². The molecule has 1 aliphatic rings. The highest BCUT2D eigenvalue weighted by Gasteiger charge is 2.31. The molecule has 150 valence electrons. The SMILES string of the molecule is Cn1c(N2CCCCS2(=O)=O)nc(C(=O)NCc2ccc(F)cc2)c(O)c1=O. The van der Waals surface area contributed by atoms with E-state index in [1.54, 1.807) is 0 Å². The van der Waals surface area contributed by atoms with E-state index in [-0.39, 0.29) is 24.8 Å². The minimum Gasteiger partial charge on any atom is -0.501 e. The second kappa shape index (κ2) is 7.58. The second-order valence-corrected chi connectivity index (χ2v) is 8.39. The molecule has 0 aliphatic carbocycles. The lowest BCUT2D eigenvalue weighted by Crippen LogP contribution is -2.42. The van der Waals surface area contributed by atoms with Gasteiger partial charge < -0.3 is 10.4 Å². The first-order valence-electron chi connectivity index (χ1n) is 8.54. The van der Waals surface area contributed by atoms with Crippen LogP contribution < -0.4 is 15.2 Å². The zero-order valence-electron chi connectivity index (χ0n) is 15.1. The van der Waals surface area contributed by atoms with Gasteiger partial charge in [-0.25, -0.2) is 22.1 Å². The summed E-state index contributed by atoms with van der Waals surface area (Å²) in [5.41, 5.74) is -0.907. The highest BCUT2D eigenvalue weighted by atomic mass is 32.2. The number of sulfonamides is 1. The number of anilines is 1. The maximum atomic E-state index is 12.9. The van der Waals surface area contributed by atoms with Gasteiger partial charge >= 0.3 is 0 Å². The van der Waals surface area contributed by atoms with Crippen LogP contribution in [0.4, 0.5) is 10.3 Å². The van der Waals surface area contributed by atoms with E-state index >= 15 is 0 Å². The maximum absolute atomic E-state index is 12.9. The molecule has 0 saturated carbocycles. The minimum absolute atomic E-state index is 0.00674. The Balaban J connectivity index is 1.92. The molecule has 1 aromatic heterocycles. The molecule has 1 fully saturated rings. The first-order chi connectivity index (χ1) is 13.2. The van der Waals surface area contributed by atoms with Crippen LogP contribution in [0.5, 0.6) is 5.75 Å². The molecule has 1 aromatic carbocycles. The highest BCUT2D eigenvalue weighted by molar-refractivity contribution is 7.92. The third-order valence-electron chi connectivity index (χ3n) is 4.40. The molecule has 1 amide bonds. The lowest BCUT2D eigenvalue weighted by atomic mass is 10.2. The van der Waals surface area contributed by atoms with E-state index in [1.807, 2.05) is 0 Å².